The highest BCUT2D eigenvalue weighted by molar-refractivity contribution is 6.05. The number of anilines is 1. The maximum absolute atomic E-state index is 13.3. The van der Waals surface area contributed by atoms with Crippen LogP contribution in [0.1, 0.15) is 23.2 Å². The van der Waals surface area contributed by atoms with Gasteiger partial charge in [-0.25, -0.2) is 0 Å². The van der Waals surface area contributed by atoms with E-state index in [2.05, 4.69) is 17.3 Å². The van der Waals surface area contributed by atoms with Gasteiger partial charge in [-0.1, -0.05) is 24.3 Å². The summed E-state index contributed by atoms with van der Waals surface area (Å²) in [7, 11) is 7.02. The summed E-state index contributed by atoms with van der Waals surface area (Å²) >= 11 is 0. The second kappa shape index (κ2) is 12.8. The van der Waals surface area contributed by atoms with E-state index in [1.54, 1.807) is 33.5 Å². The van der Waals surface area contributed by atoms with Crippen LogP contribution in [-0.4, -0.2) is 58.4 Å². The number of nitrogens with zero attached hydrogens (tertiary/aromatic N) is 1. The summed E-state index contributed by atoms with van der Waals surface area (Å²) in [6.07, 6.45) is 2.34. The number of hydrogen-bond donors (Lipinski definition) is 1. The number of piperidine rings is 1. The van der Waals surface area contributed by atoms with Crippen LogP contribution in [0, 0.1) is 0 Å². The molecule has 1 aliphatic heterocycles. The predicted molar refractivity (Wildman–Crippen MR) is 163 cm³/mol. The predicted octanol–water partition coefficient (Wildman–Crippen LogP) is 6.77. The number of benzene rings is 4. The lowest BCUT2D eigenvalue weighted by molar-refractivity contribution is 0.102. The summed E-state index contributed by atoms with van der Waals surface area (Å²) in [6, 6.07) is 26.8. The fourth-order valence-electron chi connectivity index (χ4n) is 5.08. The number of hydrogen-bond acceptors (Lipinski definition) is 6. The average molecular weight is 553 g/mol. The Labute approximate surface area is 241 Å². The number of nitrogens with one attached hydrogen (secondary N) is 1. The normalized spacial score (nSPS) is 13.9. The molecule has 0 saturated carbocycles. The Morgan fingerprint density at radius 2 is 1.49 bits per heavy atom. The van der Waals surface area contributed by atoms with Gasteiger partial charge in [-0.15, -0.1) is 0 Å². The number of amides is 1. The molecule has 7 nitrogen and oxygen atoms in total. The Hall–Kier alpha value is -4.49. The van der Waals surface area contributed by atoms with Gasteiger partial charge in [0.25, 0.3) is 5.91 Å². The van der Waals surface area contributed by atoms with Crippen molar-refractivity contribution in [2.45, 2.75) is 18.9 Å². The lowest BCUT2D eigenvalue weighted by Crippen LogP contribution is -2.35. The number of carbonyl (C=O) groups is 1. The minimum Gasteiger partial charge on any atom is -0.497 e. The zero-order chi connectivity index (χ0) is 28.8. The summed E-state index contributed by atoms with van der Waals surface area (Å²) in [5, 5.41) is 3.00. The summed E-state index contributed by atoms with van der Waals surface area (Å²) in [4.78, 5) is 15.6. The van der Waals surface area contributed by atoms with Crippen molar-refractivity contribution in [1.29, 1.82) is 0 Å². The Morgan fingerprint density at radius 1 is 0.732 bits per heavy atom. The van der Waals surface area contributed by atoms with Crippen molar-refractivity contribution in [2.75, 3.05) is 46.8 Å². The van der Waals surface area contributed by atoms with Gasteiger partial charge in [-0.3, -0.25) is 4.79 Å². The highest BCUT2D eigenvalue weighted by atomic mass is 16.5. The van der Waals surface area contributed by atoms with E-state index in [0.29, 0.717) is 22.7 Å². The van der Waals surface area contributed by atoms with Crippen LogP contribution in [0.4, 0.5) is 5.69 Å². The van der Waals surface area contributed by atoms with Crippen LogP contribution in [0.2, 0.25) is 0 Å². The van der Waals surface area contributed by atoms with Gasteiger partial charge in [0.2, 0.25) is 0 Å². The van der Waals surface area contributed by atoms with E-state index in [9.17, 15) is 4.79 Å². The quantitative estimate of drug-likeness (QED) is 0.247. The molecule has 1 fully saturated rings. The van der Waals surface area contributed by atoms with Crippen molar-refractivity contribution in [2.24, 2.45) is 0 Å². The number of ether oxygens (including phenoxy) is 4. The first-order chi connectivity index (χ1) is 20.0. The highest BCUT2D eigenvalue weighted by Crippen LogP contribution is 2.35. The van der Waals surface area contributed by atoms with Gasteiger partial charge in [0.15, 0.2) is 0 Å². The van der Waals surface area contributed by atoms with E-state index in [1.165, 1.54) is 0 Å². The number of rotatable bonds is 9. The molecule has 0 spiro atoms. The maximum Gasteiger partial charge on any atom is 0.255 e. The van der Waals surface area contributed by atoms with Crippen molar-refractivity contribution in [3.8, 4) is 45.3 Å². The summed E-state index contributed by atoms with van der Waals surface area (Å²) in [6.45, 7) is 2.12. The first-order valence-electron chi connectivity index (χ1n) is 13.7. The molecule has 1 amide bonds. The van der Waals surface area contributed by atoms with Gasteiger partial charge in [0.05, 0.1) is 21.3 Å². The lowest BCUT2D eigenvalue weighted by Gasteiger charge is -2.29. The van der Waals surface area contributed by atoms with Crippen LogP contribution >= 0.6 is 0 Å². The Balaban J connectivity index is 1.31. The SMILES string of the molecule is COc1cccc(-c2cc(C(=O)Nc3ccc(-c4ccc(OC5CCN(C)CC5)cc4)c(OC)c3)ccc2OC)c1. The standard InChI is InChI=1S/C34H36N2O5/c1-36-18-16-28(17-19-36)41-27-12-8-23(9-13-27)30-14-11-26(22-33(30)40-4)35-34(37)25-10-15-32(39-3)31(21-25)24-6-5-7-29(20-24)38-2/h5-15,20-22,28H,16-19H2,1-4H3,(H,35,37). The Bertz CT molecular complexity index is 1490. The zero-order valence-electron chi connectivity index (χ0n) is 24.0. The van der Waals surface area contributed by atoms with E-state index in [1.807, 2.05) is 72.8 Å². The van der Waals surface area contributed by atoms with Gasteiger partial charge in [-0.2, -0.15) is 0 Å². The first-order valence-corrected chi connectivity index (χ1v) is 13.7. The van der Waals surface area contributed by atoms with Gasteiger partial charge in [-0.05, 0) is 85.6 Å². The fourth-order valence-corrected chi connectivity index (χ4v) is 5.08. The molecular formula is C34H36N2O5. The molecule has 1 saturated heterocycles. The molecule has 0 unspecified atom stereocenters. The minimum atomic E-state index is -0.234. The van der Waals surface area contributed by atoms with Gasteiger partial charge in [0, 0.05) is 41.5 Å². The van der Waals surface area contributed by atoms with Crippen LogP contribution < -0.4 is 24.3 Å². The Kier molecular flexibility index (Phi) is 8.75. The number of likely N-dealkylation sites (tertiary alicyclic amines) is 1. The molecule has 0 bridgehead atoms. The molecule has 1 aliphatic rings. The van der Waals surface area contributed by atoms with E-state index in [0.717, 1.165) is 59.7 Å². The van der Waals surface area contributed by atoms with E-state index < -0.39 is 0 Å². The largest absolute Gasteiger partial charge is 0.497 e. The maximum atomic E-state index is 13.3. The topological polar surface area (TPSA) is 69.3 Å². The fraction of sp³-hybridized carbons (Fsp3) is 0.265. The monoisotopic (exact) mass is 552 g/mol. The molecular weight excluding hydrogens is 516 g/mol. The third-order valence-corrected chi connectivity index (χ3v) is 7.44. The zero-order valence-corrected chi connectivity index (χ0v) is 24.0. The minimum absolute atomic E-state index is 0.234. The van der Waals surface area contributed by atoms with Gasteiger partial charge < -0.3 is 29.2 Å². The van der Waals surface area contributed by atoms with Crippen LogP contribution in [0.25, 0.3) is 22.3 Å². The van der Waals surface area contributed by atoms with Crippen LogP contribution in [0.15, 0.2) is 84.9 Å². The van der Waals surface area contributed by atoms with Crippen molar-refractivity contribution in [3.63, 3.8) is 0 Å². The van der Waals surface area contributed by atoms with Crippen LogP contribution in [0.3, 0.4) is 0 Å². The van der Waals surface area contributed by atoms with Crippen molar-refractivity contribution in [3.05, 3.63) is 90.5 Å². The molecule has 0 aliphatic carbocycles. The lowest BCUT2D eigenvalue weighted by atomic mass is 10.0. The van der Waals surface area contributed by atoms with Crippen LogP contribution in [-0.2, 0) is 0 Å². The first kappa shape index (κ1) is 28.1. The highest BCUT2D eigenvalue weighted by Gasteiger charge is 2.18. The van der Waals surface area contributed by atoms with Gasteiger partial charge >= 0.3 is 0 Å². The molecule has 0 aromatic heterocycles. The third kappa shape index (κ3) is 6.64. The van der Waals surface area contributed by atoms with Crippen molar-refractivity contribution in [1.82, 2.24) is 4.90 Å². The van der Waals surface area contributed by atoms with E-state index >= 15 is 0 Å². The molecule has 1 heterocycles. The number of methoxy groups -OCH3 is 3. The van der Waals surface area contributed by atoms with Crippen LogP contribution in [0.5, 0.6) is 23.0 Å². The molecule has 0 atom stereocenters. The third-order valence-electron chi connectivity index (χ3n) is 7.44. The van der Waals surface area contributed by atoms with E-state index in [-0.39, 0.29) is 12.0 Å². The smallest absolute Gasteiger partial charge is 0.255 e. The van der Waals surface area contributed by atoms with Crippen molar-refractivity contribution >= 4 is 11.6 Å². The van der Waals surface area contributed by atoms with Crippen molar-refractivity contribution < 1.29 is 23.7 Å². The van der Waals surface area contributed by atoms with Gasteiger partial charge in [0.1, 0.15) is 29.1 Å². The molecule has 0 radical (unpaired) electrons. The summed E-state index contributed by atoms with van der Waals surface area (Å²) in [5.41, 5.74) is 4.78. The second-order valence-electron chi connectivity index (χ2n) is 10.2. The molecule has 4 aromatic rings. The Morgan fingerprint density at radius 3 is 2.20 bits per heavy atom. The second-order valence-corrected chi connectivity index (χ2v) is 10.2. The molecule has 41 heavy (non-hydrogen) atoms. The average Bonchev–Trinajstić information content (AvgIpc) is 3.02. The molecule has 212 valence electrons. The van der Waals surface area contributed by atoms with E-state index in [4.69, 9.17) is 18.9 Å². The summed E-state index contributed by atoms with van der Waals surface area (Å²) in [5.74, 6) is 2.70. The number of carbonyl (C=O) groups excluding carboxylic acids is 1. The summed E-state index contributed by atoms with van der Waals surface area (Å²) < 4.78 is 22.8. The molecule has 5 rings (SSSR count). The molecule has 1 N–H and O–H groups in total. The molecule has 7 heteroatoms. The molecule has 4 aromatic carbocycles.